The fourth-order valence-electron chi connectivity index (χ4n) is 2.43. The van der Waals surface area contributed by atoms with Crippen molar-refractivity contribution in [2.24, 2.45) is 5.92 Å². The minimum absolute atomic E-state index is 0.471. The topological polar surface area (TPSA) is 15.3 Å². The normalized spacial score (nSPS) is 14.9. The van der Waals surface area contributed by atoms with Crippen LogP contribution in [0.1, 0.15) is 45.2 Å². The van der Waals surface area contributed by atoms with Gasteiger partial charge in [0.05, 0.1) is 0 Å². The van der Waals surface area contributed by atoms with E-state index in [9.17, 15) is 0 Å². The predicted molar refractivity (Wildman–Crippen MR) is 84.4 cm³/mol. The molecule has 1 rings (SSSR count). The van der Waals surface area contributed by atoms with Crippen molar-refractivity contribution >= 4 is 0 Å². The monoisotopic (exact) mass is 262 g/mol. The molecule has 0 fully saturated rings. The van der Waals surface area contributed by atoms with Gasteiger partial charge in [0, 0.05) is 18.6 Å². The van der Waals surface area contributed by atoms with Gasteiger partial charge < -0.3 is 10.2 Å². The highest BCUT2D eigenvalue weighted by Gasteiger charge is 2.19. The Labute approximate surface area is 119 Å². The maximum absolute atomic E-state index is 3.86. The molecule has 0 radical (unpaired) electrons. The lowest BCUT2D eigenvalue weighted by atomic mass is 9.97. The molecule has 1 aromatic rings. The van der Waals surface area contributed by atoms with E-state index >= 15 is 0 Å². The van der Waals surface area contributed by atoms with E-state index in [0.29, 0.717) is 18.0 Å². The second kappa shape index (κ2) is 8.34. The summed E-state index contributed by atoms with van der Waals surface area (Å²) in [5.74, 6) is 0.644. The Morgan fingerprint density at radius 2 is 1.74 bits per heavy atom. The molecule has 108 valence electrons. The van der Waals surface area contributed by atoms with Crippen molar-refractivity contribution in [3.8, 4) is 0 Å². The Bertz CT molecular complexity index is 332. The molecule has 0 bridgehead atoms. The van der Waals surface area contributed by atoms with Crippen molar-refractivity contribution in [1.82, 2.24) is 10.2 Å². The van der Waals surface area contributed by atoms with Crippen molar-refractivity contribution in [2.45, 2.75) is 45.7 Å². The molecule has 0 heterocycles. The van der Waals surface area contributed by atoms with Crippen LogP contribution in [-0.2, 0) is 0 Å². The number of likely N-dealkylation sites (N-methyl/N-ethyl adjacent to an activating group) is 1. The van der Waals surface area contributed by atoms with Gasteiger partial charge in [0.15, 0.2) is 0 Å². The van der Waals surface area contributed by atoms with Gasteiger partial charge in [-0.25, -0.2) is 0 Å². The van der Waals surface area contributed by atoms with Crippen LogP contribution < -0.4 is 5.32 Å². The predicted octanol–water partition coefficient (Wildman–Crippen LogP) is 3.70. The Kier molecular flexibility index (Phi) is 7.11. The molecular weight excluding hydrogens is 232 g/mol. The highest BCUT2D eigenvalue weighted by Crippen LogP contribution is 2.20. The summed E-state index contributed by atoms with van der Waals surface area (Å²) in [5, 5.41) is 3.86. The number of nitrogens with one attached hydrogen (secondary N) is 1. The molecule has 2 nitrogen and oxygen atoms in total. The third-order valence-corrected chi connectivity index (χ3v) is 3.56. The molecule has 0 aliphatic carbocycles. The number of benzene rings is 1. The number of hydrogen-bond acceptors (Lipinski definition) is 2. The molecule has 19 heavy (non-hydrogen) atoms. The zero-order valence-corrected chi connectivity index (χ0v) is 13.2. The van der Waals surface area contributed by atoms with Gasteiger partial charge >= 0.3 is 0 Å². The molecule has 2 heteroatoms. The number of hydrogen-bond donors (Lipinski definition) is 1. The minimum Gasteiger partial charge on any atom is -0.308 e. The van der Waals surface area contributed by atoms with Gasteiger partial charge in [-0.1, -0.05) is 57.5 Å². The first-order chi connectivity index (χ1) is 9.04. The van der Waals surface area contributed by atoms with Gasteiger partial charge in [0.1, 0.15) is 0 Å². The Hall–Kier alpha value is -0.860. The van der Waals surface area contributed by atoms with Gasteiger partial charge in [-0.15, -0.1) is 0 Å². The smallest absolute Gasteiger partial charge is 0.0323 e. The fourth-order valence-corrected chi connectivity index (χ4v) is 2.43. The Balaban J connectivity index is 2.76. The van der Waals surface area contributed by atoms with E-state index in [-0.39, 0.29) is 0 Å². The molecule has 0 aromatic heterocycles. The lowest BCUT2D eigenvalue weighted by molar-refractivity contribution is 0.264. The molecule has 2 unspecified atom stereocenters. The summed E-state index contributed by atoms with van der Waals surface area (Å²) in [4.78, 5) is 2.27. The van der Waals surface area contributed by atoms with E-state index in [1.165, 1.54) is 18.4 Å². The van der Waals surface area contributed by atoms with Crippen LogP contribution in [0, 0.1) is 5.92 Å². The summed E-state index contributed by atoms with van der Waals surface area (Å²) in [5.41, 5.74) is 1.41. The van der Waals surface area contributed by atoms with E-state index in [1.807, 2.05) is 0 Å². The molecule has 0 aliphatic rings. The Morgan fingerprint density at radius 3 is 2.21 bits per heavy atom. The molecule has 0 amide bonds. The summed E-state index contributed by atoms with van der Waals surface area (Å²) in [6.07, 6.45) is 2.40. The first-order valence-corrected chi connectivity index (χ1v) is 7.50. The summed E-state index contributed by atoms with van der Waals surface area (Å²) in [6.45, 7) is 7.95. The van der Waals surface area contributed by atoms with E-state index in [4.69, 9.17) is 0 Å². The molecule has 1 N–H and O–H groups in total. The van der Waals surface area contributed by atoms with Gasteiger partial charge in [-0.05, 0) is 32.0 Å². The van der Waals surface area contributed by atoms with E-state index in [1.54, 1.807) is 0 Å². The lowest BCUT2D eigenvalue weighted by Gasteiger charge is -2.30. The zero-order chi connectivity index (χ0) is 14.3. The standard InChI is InChI=1S/C17H30N2/c1-6-10-16(15-11-8-7-9-12-15)18-17(14(2)3)13-19(4)5/h7-9,11-12,14,16-18H,6,10,13H2,1-5H3. The van der Waals surface area contributed by atoms with Crippen LogP contribution in [0.15, 0.2) is 30.3 Å². The molecule has 1 aromatic carbocycles. The van der Waals surface area contributed by atoms with Crippen molar-refractivity contribution in [1.29, 1.82) is 0 Å². The van der Waals surface area contributed by atoms with Gasteiger partial charge in [0.2, 0.25) is 0 Å². The second-order valence-corrected chi connectivity index (χ2v) is 6.03. The molecular formula is C17H30N2. The maximum Gasteiger partial charge on any atom is 0.0323 e. The van der Waals surface area contributed by atoms with E-state index < -0.39 is 0 Å². The first kappa shape index (κ1) is 16.2. The SMILES string of the molecule is CCCC(NC(CN(C)C)C(C)C)c1ccccc1. The van der Waals surface area contributed by atoms with Crippen molar-refractivity contribution in [3.63, 3.8) is 0 Å². The summed E-state index contributed by atoms with van der Waals surface area (Å²) in [7, 11) is 4.29. The van der Waals surface area contributed by atoms with E-state index in [2.05, 4.69) is 75.4 Å². The van der Waals surface area contributed by atoms with Crippen LogP contribution in [-0.4, -0.2) is 31.6 Å². The van der Waals surface area contributed by atoms with Crippen LogP contribution in [0.2, 0.25) is 0 Å². The average molecular weight is 262 g/mol. The Morgan fingerprint density at radius 1 is 1.11 bits per heavy atom. The van der Waals surface area contributed by atoms with Gasteiger partial charge in [-0.2, -0.15) is 0 Å². The maximum atomic E-state index is 3.86. The van der Waals surface area contributed by atoms with Gasteiger partial charge in [0.25, 0.3) is 0 Å². The molecule has 0 saturated carbocycles. The number of rotatable bonds is 8. The second-order valence-electron chi connectivity index (χ2n) is 6.03. The summed E-state index contributed by atoms with van der Waals surface area (Å²) in [6, 6.07) is 11.8. The first-order valence-electron chi connectivity index (χ1n) is 7.50. The van der Waals surface area contributed by atoms with E-state index in [0.717, 1.165) is 6.54 Å². The highest BCUT2D eigenvalue weighted by molar-refractivity contribution is 5.19. The number of nitrogens with zero attached hydrogens (tertiary/aromatic N) is 1. The largest absolute Gasteiger partial charge is 0.308 e. The summed E-state index contributed by atoms with van der Waals surface area (Å²) < 4.78 is 0. The quantitative estimate of drug-likeness (QED) is 0.768. The molecule has 0 saturated heterocycles. The van der Waals surface area contributed by atoms with Crippen LogP contribution in [0.25, 0.3) is 0 Å². The summed E-state index contributed by atoms with van der Waals surface area (Å²) >= 11 is 0. The molecule has 0 aliphatic heterocycles. The minimum atomic E-state index is 0.471. The van der Waals surface area contributed by atoms with Crippen molar-refractivity contribution in [2.75, 3.05) is 20.6 Å². The van der Waals surface area contributed by atoms with Crippen LogP contribution in [0.4, 0.5) is 0 Å². The lowest BCUT2D eigenvalue weighted by Crippen LogP contribution is -2.43. The average Bonchev–Trinajstić information content (AvgIpc) is 2.37. The van der Waals surface area contributed by atoms with Crippen molar-refractivity contribution < 1.29 is 0 Å². The van der Waals surface area contributed by atoms with Crippen LogP contribution in [0.3, 0.4) is 0 Å². The van der Waals surface area contributed by atoms with Crippen molar-refractivity contribution in [3.05, 3.63) is 35.9 Å². The van der Waals surface area contributed by atoms with Gasteiger partial charge in [-0.3, -0.25) is 0 Å². The van der Waals surface area contributed by atoms with Crippen LogP contribution in [0.5, 0.6) is 0 Å². The molecule has 2 atom stereocenters. The fraction of sp³-hybridized carbons (Fsp3) is 0.647. The van der Waals surface area contributed by atoms with Crippen LogP contribution >= 0.6 is 0 Å². The third-order valence-electron chi connectivity index (χ3n) is 3.56. The third kappa shape index (κ3) is 5.75. The molecule has 0 spiro atoms. The highest BCUT2D eigenvalue weighted by atomic mass is 15.1. The zero-order valence-electron chi connectivity index (χ0n) is 13.2.